The molecule has 3 aromatic rings. The molecule has 0 unspecified atom stereocenters. The molecule has 0 radical (unpaired) electrons. The van der Waals surface area contributed by atoms with E-state index < -0.39 is 0 Å². The van der Waals surface area contributed by atoms with Crippen LogP contribution in [-0.4, -0.2) is 9.78 Å². The van der Waals surface area contributed by atoms with Crippen molar-refractivity contribution < 1.29 is 4.42 Å². The summed E-state index contributed by atoms with van der Waals surface area (Å²) in [6.07, 6.45) is 0. The first-order valence-corrected chi connectivity index (χ1v) is 6.94. The normalized spacial score (nSPS) is 11.0. The van der Waals surface area contributed by atoms with E-state index in [1.54, 1.807) is 4.68 Å². The lowest BCUT2D eigenvalue weighted by Crippen LogP contribution is -1.98. The third-order valence-electron chi connectivity index (χ3n) is 3.86. The Bertz CT molecular complexity index is 812. The van der Waals surface area contributed by atoms with E-state index in [-0.39, 0.29) is 0 Å². The van der Waals surface area contributed by atoms with Crippen molar-refractivity contribution in [1.29, 1.82) is 0 Å². The smallest absolute Gasteiger partial charge is 0.155 e. The van der Waals surface area contributed by atoms with Crippen LogP contribution in [0.2, 0.25) is 0 Å². The topological polar surface area (TPSA) is 57.0 Å². The van der Waals surface area contributed by atoms with Crippen LogP contribution >= 0.6 is 0 Å². The average molecular weight is 281 g/mol. The van der Waals surface area contributed by atoms with Crippen molar-refractivity contribution in [1.82, 2.24) is 9.78 Å². The zero-order chi connectivity index (χ0) is 15.1. The summed E-state index contributed by atoms with van der Waals surface area (Å²) in [6.45, 7) is 6.12. The van der Waals surface area contributed by atoms with Gasteiger partial charge in [-0.15, -0.1) is 0 Å². The van der Waals surface area contributed by atoms with Gasteiger partial charge in [-0.1, -0.05) is 18.2 Å². The van der Waals surface area contributed by atoms with E-state index in [4.69, 9.17) is 10.2 Å². The fourth-order valence-corrected chi connectivity index (χ4v) is 2.45. The number of rotatable bonds is 2. The molecule has 2 heterocycles. The standard InChI is InChI=1S/C17H19N3O/c1-10-5-7-13(9-11(10)2)15-16(19-20(4)17(15)18)14-8-6-12(3)21-14/h5-9H,18H2,1-4H3. The number of furan rings is 1. The lowest BCUT2D eigenvalue weighted by molar-refractivity contribution is 0.545. The van der Waals surface area contributed by atoms with Crippen molar-refractivity contribution in [2.45, 2.75) is 20.8 Å². The minimum atomic E-state index is 0.641. The van der Waals surface area contributed by atoms with E-state index in [1.165, 1.54) is 11.1 Å². The summed E-state index contributed by atoms with van der Waals surface area (Å²) >= 11 is 0. The third kappa shape index (κ3) is 2.23. The van der Waals surface area contributed by atoms with Gasteiger partial charge in [-0.25, -0.2) is 0 Å². The number of benzene rings is 1. The molecule has 4 nitrogen and oxygen atoms in total. The summed E-state index contributed by atoms with van der Waals surface area (Å²) in [5.41, 5.74) is 11.5. The Hall–Kier alpha value is -2.49. The van der Waals surface area contributed by atoms with Crippen LogP contribution in [0, 0.1) is 20.8 Å². The summed E-state index contributed by atoms with van der Waals surface area (Å²) in [5, 5.41) is 4.52. The molecule has 0 atom stereocenters. The maximum Gasteiger partial charge on any atom is 0.155 e. The Morgan fingerprint density at radius 1 is 1.05 bits per heavy atom. The Kier molecular flexibility index (Phi) is 3.09. The molecule has 0 saturated carbocycles. The molecule has 3 rings (SSSR count). The SMILES string of the molecule is Cc1ccc(-c2nn(C)c(N)c2-c2ccc(C)c(C)c2)o1. The maximum atomic E-state index is 6.23. The van der Waals surface area contributed by atoms with E-state index in [1.807, 2.05) is 26.1 Å². The van der Waals surface area contributed by atoms with Crippen LogP contribution in [0.25, 0.3) is 22.6 Å². The third-order valence-corrected chi connectivity index (χ3v) is 3.86. The number of hydrogen-bond acceptors (Lipinski definition) is 3. The maximum absolute atomic E-state index is 6.23. The van der Waals surface area contributed by atoms with Crippen LogP contribution < -0.4 is 5.73 Å². The second-order valence-electron chi connectivity index (χ2n) is 5.44. The molecule has 1 aromatic carbocycles. The first-order chi connectivity index (χ1) is 9.97. The fourth-order valence-electron chi connectivity index (χ4n) is 2.45. The Labute approximate surface area is 124 Å². The molecule has 0 bridgehead atoms. The molecule has 0 amide bonds. The molecule has 108 valence electrons. The number of nitrogens with zero attached hydrogens (tertiary/aromatic N) is 2. The molecule has 0 aliphatic rings. The molecule has 0 spiro atoms. The second-order valence-corrected chi connectivity index (χ2v) is 5.44. The first-order valence-electron chi connectivity index (χ1n) is 6.94. The minimum absolute atomic E-state index is 0.641. The highest BCUT2D eigenvalue weighted by Gasteiger charge is 2.19. The number of aromatic nitrogens is 2. The van der Waals surface area contributed by atoms with Gasteiger partial charge in [0.25, 0.3) is 0 Å². The molecule has 2 aromatic heterocycles. The molecule has 0 fully saturated rings. The van der Waals surface area contributed by atoms with Gasteiger partial charge >= 0.3 is 0 Å². The number of hydrogen-bond donors (Lipinski definition) is 1. The van der Waals surface area contributed by atoms with Gasteiger partial charge in [-0.05, 0) is 49.6 Å². The molecule has 0 aliphatic carbocycles. The van der Waals surface area contributed by atoms with Crippen molar-refractivity contribution in [3.63, 3.8) is 0 Å². The highest BCUT2D eigenvalue weighted by Crippen LogP contribution is 2.37. The monoisotopic (exact) mass is 281 g/mol. The Morgan fingerprint density at radius 2 is 1.81 bits per heavy atom. The predicted molar refractivity (Wildman–Crippen MR) is 85.0 cm³/mol. The summed E-state index contributed by atoms with van der Waals surface area (Å²) < 4.78 is 7.41. The van der Waals surface area contributed by atoms with E-state index >= 15 is 0 Å². The predicted octanol–water partition coefficient (Wildman–Crippen LogP) is 3.85. The highest BCUT2D eigenvalue weighted by molar-refractivity contribution is 5.87. The largest absolute Gasteiger partial charge is 0.460 e. The average Bonchev–Trinajstić information content (AvgIpc) is 2.99. The van der Waals surface area contributed by atoms with Crippen molar-refractivity contribution in [3.8, 4) is 22.6 Å². The van der Waals surface area contributed by atoms with Crippen LogP contribution in [0.3, 0.4) is 0 Å². The molecule has 4 heteroatoms. The molecule has 21 heavy (non-hydrogen) atoms. The van der Waals surface area contributed by atoms with Gasteiger partial charge < -0.3 is 10.2 Å². The van der Waals surface area contributed by atoms with Crippen LogP contribution in [-0.2, 0) is 7.05 Å². The van der Waals surface area contributed by atoms with Gasteiger partial charge in [0, 0.05) is 7.05 Å². The zero-order valence-electron chi connectivity index (χ0n) is 12.8. The summed E-state index contributed by atoms with van der Waals surface area (Å²) in [5.74, 6) is 2.25. The van der Waals surface area contributed by atoms with Crippen LogP contribution in [0.15, 0.2) is 34.7 Å². The fraction of sp³-hybridized carbons (Fsp3) is 0.235. The number of anilines is 1. The van der Waals surface area contributed by atoms with Crippen molar-refractivity contribution in [3.05, 3.63) is 47.2 Å². The summed E-state index contributed by atoms with van der Waals surface area (Å²) in [7, 11) is 1.85. The van der Waals surface area contributed by atoms with Crippen LogP contribution in [0.5, 0.6) is 0 Å². The van der Waals surface area contributed by atoms with Gasteiger partial charge in [-0.2, -0.15) is 5.10 Å². The summed E-state index contributed by atoms with van der Waals surface area (Å²) in [4.78, 5) is 0. The van der Waals surface area contributed by atoms with Gasteiger partial charge in [-0.3, -0.25) is 4.68 Å². The van der Waals surface area contributed by atoms with Gasteiger partial charge in [0.15, 0.2) is 5.76 Å². The Morgan fingerprint density at radius 3 is 2.43 bits per heavy atom. The van der Waals surface area contributed by atoms with Crippen molar-refractivity contribution in [2.24, 2.45) is 7.05 Å². The van der Waals surface area contributed by atoms with Gasteiger partial charge in [0.05, 0.1) is 5.56 Å². The lowest BCUT2D eigenvalue weighted by Gasteiger charge is -2.06. The van der Waals surface area contributed by atoms with E-state index in [2.05, 4.69) is 37.1 Å². The quantitative estimate of drug-likeness (QED) is 0.776. The molecular weight excluding hydrogens is 262 g/mol. The van der Waals surface area contributed by atoms with Gasteiger partial charge in [0.2, 0.25) is 0 Å². The van der Waals surface area contributed by atoms with Crippen molar-refractivity contribution >= 4 is 5.82 Å². The van der Waals surface area contributed by atoms with E-state index in [0.29, 0.717) is 5.82 Å². The highest BCUT2D eigenvalue weighted by atomic mass is 16.3. The number of nitrogens with two attached hydrogens (primary N) is 1. The molecule has 2 N–H and O–H groups in total. The van der Waals surface area contributed by atoms with E-state index in [9.17, 15) is 0 Å². The Balaban J connectivity index is 2.24. The second kappa shape index (κ2) is 4.81. The number of aryl methyl sites for hydroxylation is 4. The van der Waals surface area contributed by atoms with Crippen LogP contribution in [0.1, 0.15) is 16.9 Å². The first kappa shape index (κ1) is 13.5. The van der Waals surface area contributed by atoms with Crippen LogP contribution in [0.4, 0.5) is 5.82 Å². The lowest BCUT2D eigenvalue weighted by atomic mass is 9.99. The van der Waals surface area contributed by atoms with E-state index in [0.717, 1.165) is 28.3 Å². The zero-order valence-corrected chi connectivity index (χ0v) is 12.8. The van der Waals surface area contributed by atoms with Gasteiger partial charge in [0.1, 0.15) is 17.3 Å². The molecule has 0 aliphatic heterocycles. The molecule has 0 saturated heterocycles. The minimum Gasteiger partial charge on any atom is -0.460 e. The van der Waals surface area contributed by atoms with Crippen molar-refractivity contribution in [2.75, 3.05) is 5.73 Å². The summed E-state index contributed by atoms with van der Waals surface area (Å²) in [6, 6.07) is 10.2. The number of nitrogen functional groups attached to an aromatic ring is 1. The molecular formula is C17H19N3O.